The molecule has 0 radical (unpaired) electrons. The molecule has 0 aliphatic heterocycles. The molecular formula is C16H19FN2. The Morgan fingerprint density at radius 1 is 1.05 bits per heavy atom. The molecule has 0 aliphatic rings. The van der Waals surface area contributed by atoms with Gasteiger partial charge in [-0.2, -0.15) is 0 Å². The summed E-state index contributed by atoms with van der Waals surface area (Å²) >= 11 is 0. The van der Waals surface area contributed by atoms with Crippen LogP contribution >= 0.6 is 0 Å². The number of hydrogen-bond acceptors (Lipinski definition) is 2. The average Bonchev–Trinajstić information content (AvgIpc) is 2.45. The molecule has 0 fully saturated rings. The van der Waals surface area contributed by atoms with Gasteiger partial charge in [-0.15, -0.1) is 0 Å². The Bertz CT molecular complexity index is 526. The van der Waals surface area contributed by atoms with Gasteiger partial charge in [-0.25, -0.2) is 4.39 Å². The maximum absolute atomic E-state index is 13.9. The van der Waals surface area contributed by atoms with Crippen LogP contribution in [-0.2, 0) is 13.0 Å². The lowest BCUT2D eigenvalue weighted by atomic mass is 10.1. The highest BCUT2D eigenvalue weighted by Gasteiger charge is 2.08. The molecule has 0 aliphatic carbocycles. The van der Waals surface area contributed by atoms with Gasteiger partial charge in [-0.3, -0.25) is 0 Å². The number of nitrogens with two attached hydrogens (primary N) is 1. The van der Waals surface area contributed by atoms with E-state index in [0.29, 0.717) is 12.2 Å². The third-order valence-electron chi connectivity index (χ3n) is 3.24. The summed E-state index contributed by atoms with van der Waals surface area (Å²) in [6, 6.07) is 15.4. The van der Waals surface area contributed by atoms with Crippen molar-refractivity contribution in [3.63, 3.8) is 0 Å². The molecule has 0 heterocycles. The Balaban J connectivity index is 2.02. The van der Waals surface area contributed by atoms with Gasteiger partial charge in [0.2, 0.25) is 0 Å². The lowest BCUT2D eigenvalue weighted by Crippen LogP contribution is -2.21. The fraction of sp³-hybridized carbons (Fsp3) is 0.250. The molecule has 100 valence electrons. The normalized spacial score (nSPS) is 10.5. The van der Waals surface area contributed by atoms with E-state index in [9.17, 15) is 4.39 Å². The number of likely N-dealkylation sites (N-methyl/N-ethyl adjacent to an activating group) is 1. The Labute approximate surface area is 113 Å². The Morgan fingerprint density at radius 3 is 2.42 bits per heavy atom. The van der Waals surface area contributed by atoms with E-state index in [1.807, 2.05) is 36.2 Å². The van der Waals surface area contributed by atoms with Crippen LogP contribution in [0.5, 0.6) is 0 Å². The van der Waals surface area contributed by atoms with E-state index >= 15 is 0 Å². The maximum Gasteiger partial charge on any atom is 0.146 e. The zero-order valence-corrected chi connectivity index (χ0v) is 11.1. The fourth-order valence-electron chi connectivity index (χ4n) is 2.05. The molecule has 0 saturated heterocycles. The van der Waals surface area contributed by atoms with Gasteiger partial charge in [-0.1, -0.05) is 36.4 Å². The molecule has 0 unspecified atom stereocenters. The van der Waals surface area contributed by atoms with E-state index in [-0.39, 0.29) is 5.82 Å². The summed E-state index contributed by atoms with van der Waals surface area (Å²) in [5.74, 6) is -0.210. The average molecular weight is 258 g/mol. The van der Waals surface area contributed by atoms with E-state index in [2.05, 4.69) is 12.1 Å². The van der Waals surface area contributed by atoms with Crippen LogP contribution in [-0.4, -0.2) is 13.6 Å². The molecule has 0 spiro atoms. The predicted octanol–water partition coefficient (Wildman–Crippen LogP) is 2.96. The Morgan fingerprint density at radius 2 is 1.79 bits per heavy atom. The van der Waals surface area contributed by atoms with Gasteiger partial charge in [0, 0.05) is 20.1 Å². The van der Waals surface area contributed by atoms with Crippen molar-refractivity contribution in [3.05, 3.63) is 65.5 Å². The zero-order valence-electron chi connectivity index (χ0n) is 11.1. The highest BCUT2D eigenvalue weighted by Crippen LogP contribution is 2.19. The Kier molecular flexibility index (Phi) is 4.53. The molecule has 0 saturated carbocycles. The monoisotopic (exact) mass is 258 g/mol. The topological polar surface area (TPSA) is 29.3 Å². The van der Waals surface area contributed by atoms with Crippen molar-refractivity contribution in [2.24, 2.45) is 5.73 Å². The molecule has 0 amide bonds. The SMILES string of the molecule is CN(CCc1ccccc1)c1ccc(CN)cc1F. The standard InChI is InChI=1S/C16H19FN2/c1-19(10-9-13-5-3-2-4-6-13)16-8-7-14(12-18)11-15(16)17/h2-8,11H,9-10,12,18H2,1H3. The first-order chi connectivity index (χ1) is 9.20. The van der Waals surface area contributed by atoms with Crippen LogP contribution in [0.2, 0.25) is 0 Å². The van der Waals surface area contributed by atoms with Crippen LogP contribution in [0.3, 0.4) is 0 Å². The summed E-state index contributed by atoms with van der Waals surface area (Å²) in [5.41, 5.74) is 8.19. The molecule has 2 aromatic carbocycles. The van der Waals surface area contributed by atoms with E-state index in [4.69, 9.17) is 5.73 Å². The summed E-state index contributed by atoms with van der Waals surface area (Å²) in [7, 11) is 1.91. The van der Waals surface area contributed by atoms with Gasteiger partial charge in [0.1, 0.15) is 5.82 Å². The van der Waals surface area contributed by atoms with E-state index in [1.54, 1.807) is 6.07 Å². The zero-order chi connectivity index (χ0) is 13.7. The molecule has 2 rings (SSSR count). The van der Waals surface area contributed by atoms with Crippen LogP contribution in [0, 0.1) is 5.82 Å². The number of hydrogen-bond donors (Lipinski definition) is 1. The van der Waals surface area contributed by atoms with Crippen molar-refractivity contribution in [1.29, 1.82) is 0 Å². The molecule has 0 atom stereocenters. The lowest BCUT2D eigenvalue weighted by Gasteiger charge is -2.20. The second-order valence-electron chi connectivity index (χ2n) is 4.65. The fourth-order valence-corrected chi connectivity index (χ4v) is 2.05. The lowest BCUT2D eigenvalue weighted by molar-refractivity contribution is 0.620. The molecule has 0 aromatic heterocycles. The van der Waals surface area contributed by atoms with Gasteiger partial charge in [-0.05, 0) is 29.7 Å². The minimum absolute atomic E-state index is 0.210. The van der Waals surface area contributed by atoms with Gasteiger partial charge in [0.15, 0.2) is 0 Å². The molecular weight excluding hydrogens is 239 g/mol. The van der Waals surface area contributed by atoms with Crippen LogP contribution < -0.4 is 10.6 Å². The molecule has 2 aromatic rings. The van der Waals surface area contributed by atoms with Gasteiger partial charge in [0.05, 0.1) is 5.69 Å². The van der Waals surface area contributed by atoms with E-state index < -0.39 is 0 Å². The second kappa shape index (κ2) is 6.34. The van der Waals surface area contributed by atoms with Crippen LogP contribution in [0.25, 0.3) is 0 Å². The smallest absolute Gasteiger partial charge is 0.146 e. The van der Waals surface area contributed by atoms with Crippen LogP contribution in [0.15, 0.2) is 48.5 Å². The van der Waals surface area contributed by atoms with Gasteiger partial charge < -0.3 is 10.6 Å². The van der Waals surface area contributed by atoms with Crippen molar-refractivity contribution in [1.82, 2.24) is 0 Å². The van der Waals surface area contributed by atoms with Gasteiger partial charge in [0.25, 0.3) is 0 Å². The third-order valence-corrected chi connectivity index (χ3v) is 3.24. The number of nitrogens with zero attached hydrogens (tertiary/aromatic N) is 1. The van der Waals surface area contributed by atoms with Crippen molar-refractivity contribution in [2.45, 2.75) is 13.0 Å². The highest BCUT2D eigenvalue weighted by molar-refractivity contribution is 5.48. The van der Waals surface area contributed by atoms with Crippen molar-refractivity contribution in [3.8, 4) is 0 Å². The first kappa shape index (κ1) is 13.6. The summed E-state index contributed by atoms with van der Waals surface area (Å²) in [6.07, 6.45) is 0.898. The minimum atomic E-state index is -0.210. The quantitative estimate of drug-likeness (QED) is 0.893. The summed E-state index contributed by atoms with van der Waals surface area (Å²) < 4.78 is 13.9. The van der Waals surface area contributed by atoms with Crippen molar-refractivity contribution < 1.29 is 4.39 Å². The first-order valence-corrected chi connectivity index (χ1v) is 6.44. The van der Waals surface area contributed by atoms with Crippen molar-refractivity contribution >= 4 is 5.69 Å². The maximum atomic E-state index is 13.9. The molecule has 2 nitrogen and oxygen atoms in total. The molecule has 2 N–H and O–H groups in total. The molecule has 0 bridgehead atoms. The van der Waals surface area contributed by atoms with Gasteiger partial charge >= 0.3 is 0 Å². The highest BCUT2D eigenvalue weighted by atomic mass is 19.1. The van der Waals surface area contributed by atoms with E-state index in [1.165, 1.54) is 11.6 Å². The van der Waals surface area contributed by atoms with E-state index in [0.717, 1.165) is 18.5 Å². The summed E-state index contributed by atoms with van der Waals surface area (Å²) in [6.45, 7) is 1.15. The number of anilines is 1. The predicted molar refractivity (Wildman–Crippen MR) is 77.7 cm³/mol. The first-order valence-electron chi connectivity index (χ1n) is 6.44. The van der Waals surface area contributed by atoms with Crippen LogP contribution in [0.4, 0.5) is 10.1 Å². The number of rotatable bonds is 5. The third kappa shape index (κ3) is 3.55. The number of halogens is 1. The second-order valence-corrected chi connectivity index (χ2v) is 4.65. The molecule has 3 heteroatoms. The van der Waals surface area contributed by atoms with Crippen molar-refractivity contribution in [2.75, 3.05) is 18.5 Å². The number of benzene rings is 2. The summed E-state index contributed by atoms with van der Waals surface area (Å²) in [5, 5.41) is 0. The Hall–Kier alpha value is -1.87. The summed E-state index contributed by atoms with van der Waals surface area (Å²) in [4.78, 5) is 1.93. The largest absolute Gasteiger partial charge is 0.372 e. The molecule has 19 heavy (non-hydrogen) atoms. The minimum Gasteiger partial charge on any atom is -0.372 e. The van der Waals surface area contributed by atoms with Crippen LogP contribution in [0.1, 0.15) is 11.1 Å².